The number of carboxylic acid groups (broad SMARTS) is 2. The third kappa shape index (κ3) is 5.74. The Kier molecular flexibility index (Phi) is 8.57. The van der Waals surface area contributed by atoms with Crippen molar-refractivity contribution in [3.8, 4) is 0 Å². The molecule has 0 aliphatic heterocycles. The number of hydrogen-bond donors (Lipinski definition) is 6. The van der Waals surface area contributed by atoms with E-state index >= 15 is 0 Å². The van der Waals surface area contributed by atoms with Crippen LogP contribution in [-0.2, 0) is 9.59 Å². The molecule has 0 bridgehead atoms. The van der Waals surface area contributed by atoms with Gasteiger partial charge in [0.2, 0.25) is 0 Å². The first-order chi connectivity index (χ1) is 15.3. The van der Waals surface area contributed by atoms with E-state index in [0.717, 1.165) is 0 Å². The van der Waals surface area contributed by atoms with Gasteiger partial charge in [0.15, 0.2) is 11.6 Å². The summed E-state index contributed by atoms with van der Waals surface area (Å²) in [6.07, 6.45) is 4.06. The number of aromatic nitrogens is 1. The quantitative estimate of drug-likeness (QED) is 0.263. The molecule has 0 amide bonds. The minimum atomic E-state index is -1.26. The maximum atomic E-state index is 13.0. The van der Waals surface area contributed by atoms with Gasteiger partial charge in [0.25, 0.3) is 0 Å². The molecule has 2 aromatic rings. The molecular formula is C21H23N5O6. The van der Waals surface area contributed by atoms with Crippen LogP contribution in [0.25, 0.3) is 0 Å². The Bertz CT molecular complexity index is 985. The molecule has 3 rings (SSSR count). The molecule has 11 heteroatoms. The lowest BCUT2D eigenvalue weighted by Gasteiger charge is -2.23. The lowest BCUT2D eigenvalue weighted by Crippen LogP contribution is -2.26. The van der Waals surface area contributed by atoms with Crippen LogP contribution >= 0.6 is 0 Å². The second-order valence-electron chi connectivity index (χ2n) is 6.43. The minimum absolute atomic E-state index is 0.196. The van der Waals surface area contributed by atoms with Crippen molar-refractivity contribution in [3.63, 3.8) is 0 Å². The number of anilines is 2. The van der Waals surface area contributed by atoms with E-state index in [-0.39, 0.29) is 11.6 Å². The fourth-order valence-electron chi connectivity index (χ4n) is 2.97. The van der Waals surface area contributed by atoms with Crippen LogP contribution < -0.4 is 22.1 Å². The predicted molar refractivity (Wildman–Crippen MR) is 117 cm³/mol. The average molecular weight is 441 g/mol. The van der Waals surface area contributed by atoms with Gasteiger partial charge in [-0.3, -0.25) is 14.6 Å². The van der Waals surface area contributed by atoms with Crippen molar-refractivity contribution in [1.82, 2.24) is 4.98 Å². The second-order valence-corrected chi connectivity index (χ2v) is 6.43. The van der Waals surface area contributed by atoms with Gasteiger partial charge in [0, 0.05) is 67.7 Å². The van der Waals surface area contributed by atoms with Gasteiger partial charge in [-0.15, -0.1) is 0 Å². The maximum absolute atomic E-state index is 13.0. The Morgan fingerprint density at radius 1 is 0.844 bits per heavy atom. The number of hydrogen-bond acceptors (Lipinski definition) is 9. The molecule has 0 saturated carbocycles. The molecule has 1 aromatic carbocycles. The van der Waals surface area contributed by atoms with E-state index in [4.69, 9.17) is 21.7 Å². The van der Waals surface area contributed by atoms with Crippen LogP contribution in [0.3, 0.4) is 0 Å². The zero-order valence-corrected chi connectivity index (χ0v) is 17.0. The molecule has 8 N–H and O–H groups in total. The minimum Gasteiger partial charge on any atom is -0.478 e. The Balaban J connectivity index is 0.000000390. The molecule has 0 radical (unpaired) electrons. The van der Waals surface area contributed by atoms with Crippen LogP contribution in [0.15, 0.2) is 42.7 Å². The van der Waals surface area contributed by atoms with Crippen LogP contribution in [-0.4, -0.2) is 64.9 Å². The number of nitrogens with zero attached hydrogens (tertiary/aromatic N) is 1. The number of carbonyl (C=O) groups is 4. The number of carbonyl (C=O) groups excluding carboxylic acids is 2. The van der Waals surface area contributed by atoms with Crippen LogP contribution in [0.4, 0.5) is 11.4 Å². The summed E-state index contributed by atoms with van der Waals surface area (Å²) in [5.41, 5.74) is 13.7. The molecule has 1 aromatic heterocycles. The third-order valence-corrected chi connectivity index (χ3v) is 4.26. The van der Waals surface area contributed by atoms with Crippen molar-refractivity contribution in [2.45, 2.75) is 0 Å². The summed E-state index contributed by atoms with van der Waals surface area (Å²) in [7, 11) is 0. The number of nitrogens with one attached hydrogen (secondary N) is 2. The van der Waals surface area contributed by atoms with Crippen LogP contribution in [0.1, 0.15) is 31.8 Å². The molecule has 0 saturated heterocycles. The Labute approximate surface area is 183 Å². The largest absolute Gasteiger partial charge is 0.478 e. The summed E-state index contributed by atoms with van der Waals surface area (Å²) in [6, 6.07) is 5.13. The van der Waals surface area contributed by atoms with Crippen molar-refractivity contribution in [1.29, 1.82) is 0 Å². The topological polar surface area (TPSA) is 198 Å². The van der Waals surface area contributed by atoms with Crippen LogP contribution in [0.5, 0.6) is 0 Å². The normalized spacial score (nSPS) is 11.8. The fraction of sp³-hybridized carbons (Fsp3) is 0.190. The monoisotopic (exact) mass is 441 g/mol. The summed E-state index contributed by atoms with van der Waals surface area (Å²) < 4.78 is 0. The van der Waals surface area contributed by atoms with Gasteiger partial charge in [-0.05, 0) is 18.2 Å². The van der Waals surface area contributed by atoms with E-state index in [0.29, 0.717) is 72.0 Å². The van der Waals surface area contributed by atoms with Crippen molar-refractivity contribution >= 4 is 34.9 Å². The summed E-state index contributed by atoms with van der Waals surface area (Å²) >= 11 is 0. The second kappa shape index (κ2) is 11.3. The Morgan fingerprint density at radius 2 is 1.31 bits per heavy atom. The first kappa shape index (κ1) is 24.2. The molecular weight excluding hydrogens is 418 g/mol. The standard InChI is InChI=1S/C17H19N5O2.C4H4O4/c18-4-7-21-12-1-2-13(22-8-5-19)15-14(12)16(23)10-3-6-20-9-11(10)17(15)24;5-3(6)1-2-4(7)8/h1-3,6,9,21-22H,4-5,7-8,18-19H2;1-2H,(H,5,6)(H,7,8)/b;2-1+. The fourth-order valence-corrected chi connectivity index (χ4v) is 2.97. The average Bonchev–Trinajstić information content (AvgIpc) is 2.78. The number of carboxylic acids is 2. The van der Waals surface area contributed by atoms with Crippen molar-refractivity contribution in [2.24, 2.45) is 11.5 Å². The maximum Gasteiger partial charge on any atom is 0.328 e. The van der Waals surface area contributed by atoms with E-state index < -0.39 is 11.9 Å². The summed E-state index contributed by atoms with van der Waals surface area (Å²) in [4.78, 5) is 49.0. The lowest BCUT2D eigenvalue weighted by molar-refractivity contribution is -0.134. The molecule has 1 aliphatic rings. The van der Waals surface area contributed by atoms with Gasteiger partial charge >= 0.3 is 11.9 Å². The number of ketones is 2. The van der Waals surface area contributed by atoms with Gasteiger partial charge < -0.3 is 32.3 Å². The molecule has 11 nitrogen and oxygen atoms in total. The van der Waals surface area contributed by atoms with Crippen molar-refractivity contribution < 1.29 is 29.4 Å². The number of nitrogens with two attached hydrogens (primary N) is 2. The zero-order chi connectivity index (χ0) is 23.7. The first-order valence-corrected chi connectivity index (χ1v) is 9.54. The molecule has 0 unspecified atom stereocenters. The molecule has 0 atom stereocenters. The van der Waals surface area contributed by atoms with Gasteiger partial charge in [0.1, 0.15) is 0 Å². The smallest absolute Gasteiger partial charge is 0.328 e. The van der Waals surface area contributed by atoms with E-state index in [1.165, 1.54) is 12.4 Å². The number of pyridine rings is 1. The first-order valence-electron chi connectivity index (χ1n) is 9.54. The van der Waals surface area contributed by atoms with Gasteiger partial charge in [-0.25, -0.2) is 9.59 Å². The molecule has 168 valence electrons. The van der Waals surface area contributed by atoms with Gasteiger partial charge in [-0.2, -0.15) is 0 Å². The molecule has 1 heterocycles. The predicted octanol–water partition coefficient (Wildman–Crippen LogP) is 0.310. The van der Waals surface area contributed by atoms with E-state index in [9.17, 15) is 19.2 Å². The van der Waals surface area contributed by atoms with E-state index in [2.05, 4.69) is 15.6 Å². The van der Waals surface area contributed by atoms with E-state index in [1.807, 2.05) is 0 Å². The molecule has 32 heavy (non-hydrogen) atoms. The number of benzene rings is 1. The number of rotatable bonds is 8. The van der Waals surface area contributed by atoms with Gasteiger partial charge in [0.05, 0.1) is 16.7 Å². The number of fused-ring (bicyclic) bond motifs is 2. The molecule has 1 aliphatic carbocycles. The highest BCUT2D eigenvalue weighted by molar-refractivity contribution is 6.31. The Morgan fingerprint density at radius 3 is 1.75 bits per heavy atom. The summed E-state index contributed by atoms with van der Waals surface area (Å²) in [5.74, 6) is -2.93. The summed E-state index contributed by atoms with van der Waals surface area (Å²) in [5, 5.41) is 21.9. The van der Waals surface area contributed by atoms with Gasteiger partial charge in [-0.1, -0.05) is 0 Å². The SMILES string of the molecule is NCCNc1ccc(NCCN)c2c1C(=O)c1ccncc1C2=O.O=C(O)/C=C/C(=O)O. The lowest BCUT2D eigenvalue weighted by atomic mass is 9.83. The summed E-state index contributed by atoms with van der Waals surface area (Å²) in [6.45, 7) is 1.85. The molecule has 0 fully saturated rings. The highest BCUT2D eigenvalue weighted by Crippen LogP contribution is 2.36. The van der Waals surface area contributed by atoms with Crippen molar-refractivity contribution in [3.05, 3.63) is 65.0 Å². The van der Waals surface area contributed by atoms with E-state index in [1.54, 1.807) is 18.2 Å². The Hall–Kier alpha value is -4.09. The molecule has 0 spiro atoms. The zero-order valence-electron chi connectivity index (χ0n) is 17.0. The van der Waals surface area contributed by atoms with Crippen molar-refractivity contribution in [2.75, 3.05) is 36.8 Å². The third-order valence-electron chi connectivity index (χ3n) is 4.26. The van der Waals surface area contributed by atoms with Crippen LogP contribution in [0, 0.1) is 0 Å². The highest BCUT2D eigenvalue weighted by atomic mass is 16.4. The van der Waals surface area contributed by atoms with Crippen LogP contribution in [0.2, 0.25) is 0 Å². The highest BCUT2D eigenvalue weighted by Gasteiger charge is 2.34. The number of aliphatic carboxylic acids is 2.